The minimum absolute atomic E-state index is 0. The van der Waals surface area contributed by atoms with E-state index in [1.54, 1.807) is 11.3 Å². The highest BCUT2D eigenvalue weighted by Gasteiger charge is 2.17. The Morgan fingerprint density at radius 3 is 2.74 bits per heavy atom. The molecule has 0 saturated carbocycles. The van der Waals surface area contributed by atoms with E-state index < -0.39 is 0 Å². The summed E-state index contributed by atoms with van der Waals surface area (Å²) in [6, 6.07) is 8.06. The van der Waals surface area contributed by atoms with Crippen LogP contribution < -0.4 is 5.32 Å². The second-order valence-electron chi connectivity index (χ2n) is 4.96. The van der Waals surface area contributed by atoms with E-state index in [4.69, 9.17) is 0 Å². The molecule has 23 heavy (non-hydrogen) atoms. The van der Waals surface area contributed by atoms with Crippen molar-refractivity contribution in [1.29, 1.82) is 0 Å². The fourth-order valence-electron chi connectivity index (χ4n) is 2.32. The van der Waals surface area contributed by atoms with E-state index in [2.05, 4.69) is 26.2 Å². The molecule has 2 heterocycles. The van der Waals surface area contributed by atoms with Crippen molar-refractivity contribution in [3.05, 3.63) is 39.8 Å². The smallest absolute Gasteiger partial charge is 0.228 e. The van der Waals surface area contributed by atoms with Gasteiger partial charge in [-0.15, -0.1) is 36.2 Å². The highest BCUT2D eigenvalue weighted by atomic mass is 79.9. The zero-order chi connectivity index (χ0) is 14.7. The van der Waals surface area contributed by atoms with Crippen molar-refractivity contribution < 1.29 is 4.79 Å². The van der Waals surface area contributed by atoms with E-state index in [1.807, 2.05) is 34.5 Å². The average molecular weight is 439 g/mol. The molecule has 3 rings (SSSR count). The molecule has 2 aromatic rings. The van der Waals surface area contributed by atoms with Gasteiger partial charge in [-0.2, -0.15) is 0 Å². The van der Waals surface area contributed by atoms with Gasteiger partial charge in [-0.3, -0.25) is 4.79 Å². The van der Waals surface area contributed by atoms with Gasteiger partial charge in [0.25, 0.3) is 0 Å². The number of nitrogens with one attached hydrogen (secondary N) is 1. The molecule has 4 nitrogen and oxygen atoms in total. The third kappa shape index (κ3) is 5.43. The highest BCUT2D eigenvalue weighted by molar-refractivity contribution is 9.10. The number of benzene rings is 1. The number of piperazine rings is 1. The summed E-state index contributed by atoms with van der Waals surface area (Å²) in [6.45, 7) is 3.35. The molecule has 1 N–H and O–H groups in total. The number of carbonyl (C=O) groups excluding carboxylic acids is 1. The molecule has 1 aromatic carbocycles. The van der Waals surface area contributed by atoms with E-state index in [9.17, 15) is 4.79 Å². The lowest BCUT2D eigenvalue weighted by Crippen LogP contribution is -2.46. The molecule has 8 heteroatoms. The van der Waals surface area contributed by atoms with Crippen LogP contribution in [0.5, 0.6) is 0 Å². The van der Waals surface area contributed by atoms with Crippen molar-refractivity contribution in [2.24, 2.45) is 0 Å². The molecule has 1 amide bonds. The molecule has 0 unspecified atom stereocenters. The van der Waals surface area contributed by atoms with Crippen molar-refractivity contribution in [3.63, 3.8) is 0 Å². The summed E-state index contributed by atoms with van der Waals surface area (Å²) < 4.78 is 1.04. The normalized spacial score (nSPS) is 13.9. The van der Waals surface area contributed by atoms with Gasteiger partial charge in [-0.25, -0.2) is 4.98 Å². The first kappa shape index (κ1) is 20.4. The Labute approximate surface area is 160 Å². The first-order valence-corrected chi connectivity index (χ1v) is 8.58. The van der Waals surface area contributed by atoms with Crippen LogP contribution in [-0.4, -0.2) is 42.0 Å². The van der Waals surface area contributed by atoms with E-state index in [1.165, 1.54) is 0 Å². The second-order valence-corrected chi connectivity index (χ2v) is 6.74. The fourth-order valence-corrected chi connectivity index (χ4v) is 3.54. The Hall–Kier alpha value is -0.660. The molecule has 0 spiro atoms. The zero-order valence-electron chi connectivity index (χ0n) is 12.3. The quantitative estimate of drug-likeness (QED) is 0.798. The first-order chi connectivity index (χ1) is 10.2. The predicted octanol–water partition coefficient (Wildman–Crippen LogP) is 3.39. The Kier molecular flexibility index (Phi) is 8.50. The lowest BCUT2D eigenvalue weighted by atomic mass is 10.2. The Morgan fingerprint density at radius 1 is 1.30 bits per heavy atom. The van der Waals surface area contributed by atoms with Crippen LogP contribution in [0.4, 0.5) is 0 Å². The van der Waals surface area contributed by atoms with E-state index >= 15 is 0 Å². The van der Waals surface area contributed by atoms with Crippen molar-refractivity contribution >= 4 is 58.0 Å². The maximum absolute atomic E-state index is 12.2. The largest absolute Gasteiger partial charge is 0.340 e. The maximum atomic E-state index is 12.2. The van der Waals surface area contributed by atoms with Crippen LogP contribution in [0, 0.1) is 0 Å². The molecule has 0 aliphatic carbocycles. The van der Waals surface area contributed by atoms with Gasteiger partial charge in [0.15, 0.2) is 0 Å². The standard InChI is InChI=1S/C15H16BrN3OS.2ClH/c16-12-3-1-2-11(8-12)15-18-13(10-21-15)9-14(20)19-6-4-17-5-7-19;;/h1-3,8,10,17H,4-7,9H2;2*1H. The minimum atomic E-state index is 0. The molecule has 1 aliphatic rings. The summed E-state index contributed by atoms with van der Waals surface area (Å²) in [7, 11) is 0. The second kappa shape index (κ2) is 9.59. The summed E-state index contributed by atoms with van der Waals surface area (Å²) in [5.41, 5.74) is 1.94. The molecule has 0 atom stereocenters. The number of carbonyl (C=O) groups is 1. The Bertz CT molecular complexity index is 647. The fraction of sp³-hybridized carbons (Fsp3) is 0.333. The zero-order valence-corrected chi connectivity index (χ0v) is 16.4. The van der Waals surface area contributed by atoms with Crippen LogP contribution >= 0.6 is 52.1 Å². The van der Waals surface area contributed by atoms with E-state index in [0.29, 0.717) is 6.42 Å². The predicted molar refractivity (Wildman–Crippen MR) is 103 cm³/mol. The van der Waals surface area contributed by atoms with Crippen molar-refractivity contribution in [2.75, 3.05) is 26.2 Å². The number of halogens is 3. The van der Waals surface area contributed by atoms with Crippen LogP contribution in [0.2, 0.25) is 0 Å². The van der Waals surface area contributed by atoms with Gasteiger partial charge in [0.05, 0.1) is 12.1 Å². The molecule has 1 aliphatic heterocycles. The number of hydrogen-bond acceptors (Lipinski definition) is 4. The molecule has 1 fully saturated rings. The van der Waals surface area contributed by atoms with Crippen molar-refractivity contribution in [3.8, 4) is 10.6 Å². The van der Waals surface area contributed by atoms with Crippen LogP contribution in [0.15, 0.2) is 34.1 Å². The summed E-state index contributed by atoms with van der Waals surface area (Å²) in [4.78, 5) is 18.7. The molecule has 126 valence electrons. The van der Waals surface area contributed by atoms with E-state index in [-0.39, 0.29) is 30.7 Å². The van der Waals surface area contributed by atoms with Crippen LogP contribution in [0.1, 0.15) is 5.69 Å². The SMILES string of the molecule is Cl.Cl.O=C(Cc1csc(-c2cccc(Br)c2)n1)N1CCNCC1. The maximum Gasteiger partial charge on any atom is 0.228 e. The van der Waals surface area contributed by atoms with Crippen LogP contribution in [0.3, 0.4) is 0 Å². The number of aromatic nitrogens is 1. The summed E-state index contributed by atoms with van der Waals surface area (Å²) in [6.07, 6.45) is 0.393. The number of thiazole rings is 1. The summed E-state index contributed by atoms with van der Waals surface area (Å²) >= 11 is 5.05. The van der Waals surface area contributed by atoms with Gasteiger partial charge in [-0.05, 0) is 12.1 Å². The molecular formula is C15H18BrCl2N3OS. The Morgan fingerprint density at radius 2 is 2.04 bits per heavy atom. The number of nitrogens with zero attached hydrogens (tertiary/aromatic N) is 2. The minimum Gasteiger partial charge on any atom is -0.340 e. The Balaban J connectivity index is 0.00000132. The number of amides is 1. The van der Waals surface area contributed by atoms with Gasteiger partial charge >= 0.3 is 0 Å². The van der Waals surface area contributed by atoms with Crippen molar-refractivity contribution in [2.45, 2.75) is 6.42 Å². The topological polar surface area (TPSA) is 45.2 Å². The number of hydrogen-bond donors (Lipinski definition) is 1. The third-order valence-electron chi connectivity index (χ3n) is 3.43. The van der Waals surface area contributed by atoms with Gasteiger partial charge in [0.2, 0.25) is 5.91 Å². The third-order valence-corrected chi connectivity index (χ3v) is 4.86. The summed E-state index contributed by atoms with van der Waals surface area (Å²) in [5.74, 6) is 0.169. The van der Waals surface area contributed by atoms with E-state index in [0.717, 1.165) is 46.9 Å². The summed E-state index contributed by atoms with van der Waals surface area (Å²) in [5, 5.41) is 6.19. The van der Waals surface area contributed by atoms with Gasteiger partial charge in [0, 0.05) is 41.6 Å². The monoisotopic (exact) mass is 437 g/mol. The first-order valence-electron chi connectivity index (χ1n) is 6.91. The van der Waals surface area contributed by atoms with Gasteiger partial charge in [0.1, 0.15) is 5.01 Å². The number of rotatable bonds is 3. The molecular weight excluding hydrogens is 421 g/mol. The van der Waals surface area contributed by atoms with Crippen molar-refractivity contribution in [1.82, 2.24) is 15.2 Å². The lowest BCUT2D eigenvalue weighted by Gasteiger charge is -2.27. The van der Waals surface area contributed by atoms with Gasteiger partial charge < -0.3 is 10.2 Å². The highest BCUT2D eigenvalue weighted by Crippen LogP contribution is 2.26. The van der Waals surface area contributed by atoms with Gasteiger partial charge in [-0.1, -0.05) is 28.1 Å². The average Bonchev–Trinajstić information content (AvgIpc) is 2.97. The molecule has 1 saturated heterocycles. The lowest BCUT2D eigenvalue weighted by molar-refractivity contribution is -0.131. The molecule has 1 aromatic heterocycles. The molecule has 0 radical (unpaired) electrons. The van der Waals surface area contributed by atoms with Crippen LogP contribution in [-0.2, 0) is 11.2 Å². The molecule has 0 bridgehead atoms. The van der Waals surface area contributed by atoms with Crippen LogP contribution in [0.25, 0.3) is 10.6 Å².